The minimum Gasteiger partial charge on any atom is -0.352 e. The van der Waals surface area contributed by atoms with Crippen molar-refractivity contribution < 1.29 is 9.59 Å². The Morgan fingerprint density at radius 3 is 2.59 bits per heavy atom. The minimum absolute atomic E-state index is 0.0767. The van der Waals surface area contributed by atoms with E-state index in [-0.39, 0.29) is 17.4 Å². The fourth-order valence-corrected chi connectivity index (χ4v) is 4.55. The van der Waals surface area contributed by atoms with Crippen LogP contribution in [0.3, 0.4) is 0 Å². The Morgan fingerprint density at radius 2 is 2.00 bits per heavy atom. The van der Waals surface area contributed by atoms with Gasteiger partial charge in [-0.25, -0.2) is 4.98 Å². The maximum Gasteiger partial charge on any atom is 0.266 e. The van der Waals surface area contributed by atoms with E-state index in [9.17, 15) is 9.59 Å². The van der Waals surface area contributed by atoms with Gasteiger partial charge in [0.25, 0.3) is 11.8 Å². The van der Waals surface area contributed by atoms with E-state index in [0.29, 0.717) is 21.3 Å². The summed E-state index contributed by atoms with van der Waals surface area (Å²) in [4.78, 5) is 31.2. The van der Waals surface area contributed by atoms with Crippen molar-refractivity contribution in [2.75, 3.05) is 6.54 Å². The maximum atomic E-state index is 12.7. The Balaban J connectivity index is 1.57. The number of rotatable bonds is 6. The number of amides is 2. The van der Waals surface area contributed by atoms with Gasteiger partial charge >= 0.3 is 0 Å². The number of thiocarbonyl (C=S) groups is 1. The second-order valence-corrected chi connectivity index (χ2v) is 9.40. The van der Waals surface area contributed by atoms with Gasteiger partial charge in [-0.05, 0) is 51.0 Å². The molecule has 0 bridgehead atoms. The molecule has 1 N–H and O–H groups in total. The monoisotopic (exact) mass is 428 g/mol. The number of imidazole rings is 1. The third-order valence-electron chi connectivity index (χ3n) is 4.37. The van der Waals surface area contributed by atoms with Gasteiger partial charge in [-0.2, -0.15) is 0 Å². The zero-order valence-electron chi connectivity index (χ0n) is 16.7. The summed E-state index contributed by atoms with van der Waals surface area (Å²) in [6.45, 7) is 7.29. The van der Waals surface area contributed by atoms with E-state index in [4.69, 9.17) is 12.2 Å². The molecular weight excluding hydrogens is 404 g/mol. The fourth-order valence-electron chi connectivity index (χ4n) is 2.91. The second kappa shape index (κ2) is 8.92. The standard InChI is InChI=1S/C21H24N4O2S2/c1-21(2,3)25-19(27)17(29-20(25)28)13-15-5-7-16(8-6-15)18(26)23-9-4-11-24-12-10-22-14-24/h5-8,10,12-14H,4,9,11H2,1-3H3,(H,23,26). The van der Waals surface area contributed by atoms with Crippen LogP contribution < -0.4 is 5.32 Å². The number of hydrogen-bond acceptors (Lipinski definition) is 5. The summed E-state index contributed by atoms with van der Waals surface area (Å²) >= 11 is 6.67. The van der Waals surface area contributed by atoms with Gasteiger partial charge < -0.3 is 9.88 Å². The quantitative estimate of drug-likeness (QED) is 0.432. The van der Waals surface area contributed by atoms with Crippen LogP contribution in [0.15, 0.2) is 47.9 Å². The summed E-state index contributed by atoms with van der Waals surface area (Å²) in [6, 6.07) is 7.21. The summed E-state index contributed by atoms with van der Waals surface area (Å²) in [5.74, 6) is -0.187. The first-order chi connectivity index (χ1) is 13.8. The Kier molecular flexibility index (Phi) is 6.54. The Hall–Kier alpha value is -2.45. The Bertz CT molecular complexity index is 929. The predicted octanol–water partition coefficient (Wildman–Crippen LogP) is 3.70. The van der Waals surface area contributed by atoms with Crippen LogP contribution in [-0.4, -0.2) is 42.7 Å². The summed E-state index contributed by atoms with van der Waals surface area (Å²) < 4.78 is 2.55. The van der Waals surface area contributed by atoms with E-state index < -0.39 is 0 Å². The number of carbonyl (C=O) groups is 2. The Morgan fingerprint density at radius 1 is 1.28 bits per heavy atom. The highest BCUT2D eigenvalue weighted by atomic mass is 32.2. The molecule has 1 aromatic carbocycles. The van der Waals surface area contributed by atoms with Gasteiger partial charge in [0.1, 0.15) is 4.32 Å². The molecule has 8 heteroatoms. The lowest BCUT2D eigenvalue weighted by atomic mass is 10.1. The van der Waals surface area contributed by atoms with Gasteiger partial charge in [-0.1, -0.05) is 36.1 Å². The fraction of sp³-hybridized carbons (Fsp3) is 0.333. The molecule has 152 valence electrons. The van der Waals surface area contributed by atoms with Crippen molar-refractivity contribution in [3.63, 3.8) is 0 Å². The SMILES string of the molecule is CC(C)(C)N1C(=O)C(=Cc2ccc(C(=O)NCCCn3ccnc3)cc2)SC1=S. The predicted molar refractivity (Wildman–Crippen MR) is 120 cm³/mol. The molecule has 0 radical (unpaired) electrons. The first kappa shape index (κ1) is 21.3. The van der Waals surface area contributed by atoms with Crippen molar-refractivity contribution >= 4 is 46.2 Å². The van der Waals surface area contributed by atoms with Crippen LogP contribution in [0, 0.1) is 0 Å². The van der Waals surface area contributed by atoms with E-state index in [2.05, 4.69) is 10.3 Å². The third-order valence-corrected chi connectivity index (χ3v) is 5.68. The van der Waals surface area contributed by atoms with Gasteiger partial charge in [0.15, 0.2) is 0 Å². The second-order valence-electron chi connectivity index (χ2n) is 7.72. The molecule has 1 aliphatic heterocycles. The highest BCUT2D eigenvalue weighted by Crippen LogP contribution is 2.36. The Labute approximate surface area is 180 Å². The first-order valence-electron chi connectivity index (χ1n) is 9.38. The van der Waals surface area contributed by atoms with E-state index in [1.165, 1.54) is 11.8 Å². The van der Waals surface area contributed by atoms with E-state index in [0.717, 1.165) is 18.5 Å². The van der Waals surface area contributed by atoms with E-state index in [1.54, 1.807) is 29.6 Å². The van der Waals surface area contributed by atoms with Crippen molar-refractivity contribution in [1.29, 1.82) is 0 Å². The molecule has 3 rings (SSSR count). The average molecular weight is 429 g/mol. The van der Waals surface area contributed by atoms with Crippen molar-refractivity contribution in [2.24, 2.45) is 0 Å². The maximum absolute atomic E-state index is 12.7. The lowest BCUT2D eigenvalue weighted by Gasteiger charge is -2.30. The number of benzene rings is 1. The normalized spacial score (nSPS) is 16.0. The van der Waals surface area contributed by atoms with Crippen LogP contribution in [-0.2, 0) is 11.3 Å². The number of aryl methyl sites for hydroxylation is 1. The highest BCUT2D eigenvalue weighted by Gasteiger charge is 2.38. The van der Waals surface area contributed by atoms with Crippen LogP contribution >= 0.6 is 24.0 Å². The summed E-state index contributed by atoms with van der Waals surface area (Å²) in [6.07, 6.45) is 8.04. The van der Waals surface area contributed by atoms with Crippen molar-refractivity contribution in [3.8, 4) is 0 Å². The minimum atomic E-state index is -0.351. The third kappa shape index (κ3) is 5.33. The highest BCUT2D eigenvalue weighted by molar-refractivity contribution is 8.26. The number of nitrogens with one attached hydrogen (secondary N) is 1. The molecule has 1 fully saturated rings. The molecule has 0 unspecified atom stereocenters. The number of carbonyl (C=O) groups excluding carboxylic acids is 2. The lowest BCUT2D eigenvalue weighted by Crippen LogP contribution is -2.44. The zero-order chi connectivity index (χ0) is 21.0. The summed E-state index contributed by atoms with van der Waals surface area (Å²) in [7, 11) is 0. The lowest BCUT2D eigenvalue weighted by molar-refractivity contribution is -0.125. The van der Waals surface area contributed by atoms with Crippen molar-refractivity contribution in [3.05, 3.63) is 59.0 Å². The van der Waals surface area contributed by atoms with E-state index >= 15 is 0 Å². The summed E-state index contributed by atoms with van der Waals surface area (Å²) in [5, 5.41) is 2.92. The molecule has 0 spiro atoms. The molecule has 1 saturated heterocycles. The zero-order valence-corrected chi connectivity index (χ0v) is 18.3. The van der Waals surface area contributed by atoms with Crippen LogP contribution in [0.2, 0.25) is 0 Å². The number of aromatic nitrogens is 2. The van der Waals surface area contributed by atoms with Crippen molar-refractivity contribution in [1.82, 2.24) is 19.8 Å². The van der Waals surface area contributed by atoms with Gasteiger partial charge in [0.2, 0.25) is 0 Å². The van der Waals surface area contributed by atoms with Gasteiger partial charge in [-0.15, -0.1) is 0 Å². The molecular formula is C21H24N4O2S2. The number of thioether (sulfide) groups is 1. The van der Waals surface area contributed by atoms with Gasteiger partial charge in [0.05, 0.1) is 11.2 Å². The largest absolute Gasteiger partial charge is 0.352 e. The molecule has 0 aliphatic carbocycles. The molecule has 0 saturated carbocycles. The van der Waals surface area contributed by atoms with Crippen molar-refractivity contribution in [2.45, 2.75) is 39.3 Å². The van der Waals surface area contributed by atoms with Gasteiger partial charge in [-0.3, -0.25) is 14.5 Å². The first-order valence-corrected chi connectivity index (χ1v) is 10.6. The van der Waals surface area contributed by atoms with Crippen LogP contribution in [0.25, 0.3) is 6.08 Å². The van der Waals surface area contributed by atoms with Crippen LogP contribution in [0.5, 0.6) is 0 Å². The van der Waals surface area contributed by atoms with Crippen LogP contribution in [0.4, 0.5) is 0 Å². The molecule has 6 nitrogen and oxygen atoms in total. The summed E-state index contributed by atoms with van der Waals surface area (Å²) in [5.41, 5.74) is 1.10. The molecule has 2 amide bonds. The van der Waals surface area contributed by atoms with Gasteiger partial charge in [0, 0.05) is 36.6 Å². The molecule has 0 atom stereocenters. The molecule has 2 heterocycles. The molecule has 1 aliphatic rings. The topological polar surface area (TPSA) is 67.2 Å². The van der Waals surface area contributed by atoms with Crippen LogP contribution in [0.1, 0.15) is 43.1 Å². The molecule has 2 aromatic rings. The molecule has 1 aromatic heterocycles. The average Bonchev–Trinajstić information content (AvgIpc) is 3.26. The number of hydrogen-bond donors (Lipinski definition) is 1. The molecule has 29 heavy (non-hydrogen) atoms. The van der Waals surface area contributed by atoms with E-state index in [1.807, 2.05) is 49.7 Å². The smallest absolute Gasteiger partial charge is 0.266 e. The number of nitrogens with zero attached hydrogens (tertiary/aromatic N) is 3.